The predicted molar refractivity (Wildman–Crippen MR) is 77.2 cm³/mol. The number of aromatic hydroxyl groups is 1. The molecule has 1 saturated heterocycles. The third-order valence-electron chi connectivity index (χ3n) is 3.74. The van der Waals surface area contributed by atoms with Crippen LogP contribution < -0.4 is 5.32 Å². The number of aromatic nitrogens is 1. The number of hydrogen-bond donors (Lipinski definition) is 2. The average Bonchev–Trinajstić information content (AvgIpc) is 2.43. The maximum Gasteiger partial charge on any atom is 0.138 e. The monoisotopic (exact) mass is 263 g/mol. The van der Waals surface area contributed by atoms with Crippen LogP contribution in [-0.4, -0.2) is 40.7 Å². The first-order valence-corrected chi connectivity index (χ1v) is 7.31. The highest BCUT2D eigenvalue weighted by Crippen LogP contribution is 2.20. The molecule has 1 fully saturated rings. The van der Waals surface area contributed by atoms with Gasteiger partial charge in [0.2, 0.25) is 0 Å². The molecule has 2 rings (SSSR count). The minimum Gasteiger partial charge on any atom is -0.506 e. The maximum absolute atomic E-state index is 9.95. The second-order valence-electron chi connectivity index (χ2n) is 5.39. The zero-order valence-corrected chi connectivity index (χ0v) is 12.0. The Morgan fingerprint density at radius 2 is 2.32 bits per heavy atom. The summed E-state index contributed by atoms with van der Waals surface area (Å²) in [4.78, 5) is 6.93. The number of pyridine rings is 1. The molecule has 1 aliphatic rings. The second-order valence-corrected chi connectivity index (χ2v) is 5.39. The Hall–Kier alpha value is -1.13. The molecule has 1 aromatic heterocycles. The van der Waals surface area contributed by atoms with Gasteiger partial charge in [-0.15, -0.1) is 0 Å². The van der Waals surface area contributed by atoms with E-state index in [1.807, 2.05) is 13.0 Å². The van der Waals surface area contributed by atoms with Gasteiger partial charge in [-0.05, 0) is 51.4 Å². The van der Waals surface area contributed by atoms with Crippen LogP contribution in [0.1, 0.15) is 37.6 Å². The van der Waals surface area contributed by atoms with Gasteiger partial charge in [-0.2, -0.15) is 0 Å². The van der Waals surface area contributed by atoms with Crippen LogP contribution in [0, 0.1) is 6.92 Å². The summed E-state index contributed by atoms with van der Waals surface area (Å²) >= 11 is 0. The molecule has 0 saturated carbocycles. The van der Waals surface area contributed by atoms with E-state index in [4.69, 9.17) is 0 Å². The highest BCUT2D eigenvalue weighted by molar-refractivity contribution is 5.27. The summed E-state index contributed by atoms with van der Waals surface area (Å²) in [5.41, 5.74) is 1.77. The summed E-state index contributed by atoms with van der Waals surface area (Å²) in [6.45, 7) is 8.15. The molecule has 4 heteroatoms. The highest BCUT2D eigenvalue weighted by Gasteiger charge is 2.21. The van der Waals surface area contributed by atoms with Crippen LogP contribution >= 0.6 is 0 Å². The van der Waals surface area contributed by atoms with Crippen molar-refractivity contribution in [1.29, 1.82) is 0 Å². The van der Waals surface area contributed by atoms with Crippen molar-refractivity contribution in [3.05, 3.63) is 23.5 Å². The van der Waals surface area contributed by atoms with Crippen molar-refractivity contribution in [2.24, 2.45) is 0 Å². The van der Waals surface area contributed by atoms with Gasteiger partial charge >= 0.3 is 0 Å². The minimum atomic E-state index is 0.315. The summed E-state index contributed by atoms with van der Waals surface area (Å²) in [5.74, 6) is 0.315. The Morgan fingerprint density at radius 3 is 3.00 bits per heavy atom. The molecule has 4 nitrogen and oxygen atoms in total. The second kappa shape index (κ2) is 6.87. The van der Waals surface area contributed by atoms with E-state index >= 15 is 0 Å². The third kappa shape index (κ3) is 3.91. The zero-order valence-electron chi connectivity index (χ0n) is 12.0. The number of piperidine rings is 1. The topological polar surface area (TPSA) is 48.4 Å². The van der Waals surface area contributed by atoms with E-state index in [0.29, 0.717) is 11.8 Å². The SMILES string of the molecule is CCCN(Cc1nc(C)ccc1O)C1CCCNC1. The van der Waals surface area contributed by atoms with Gasteiger partial charge < -0.3 is 10.4 Å². The van der Waals surface area contributed by atoms with Gasteiger partial charge in [0.25, 0.3) is 0 Å². The fourth-order valence-corrected chi connectivity index (χ4v) is 2.73. The average molecular weight is 263 g/mol. The quantitative estimate of drug-likeness (QED) is 0.853. The predicted octanol–water partition coefficient (Wildman–Crippen LogP) is 2.06. The molecule has 106 valence electrons. The summed E-state index contributed by atoms with van der Waals surface area (Å²) < 4.78 is 0. The molecule has 2 N–H and O–H groups in total. The number of nitrogens with one attached hydrogen (secondary N) is 1. The van der Waals surface area contributed by atoms with Gasteiger partial charge in [0.05, 0.1) is 5.69 Å². The number of aryl methyl sites for hydroxylation is 1. The van der Waals surface area contributed by atoms with Gasteiger partial charge in [-0.25, -0.2) is 0 Å². The van der Waals surface area contributed by atoms with E-state index in [9.17, 15) is 5.11 Å². The van der Waals surface area contributed by atoms with Crippen LogP contribution in [0.5, 0.6) is 5.75 Å². The van der Waals surface area contributed by atoms with E-state index < -0.39 is 0 Å². The largest absolute Gasteiger partial charge is 0.506 e. The van der Waals surface area contributed by atoms with E-state index in [1.54, 1.807) is 6.07 Å². The van der Waals surface area contributed by atoms with Crippen molar-refractivity contribution in [3.63, 3.8) is 0 Å². The summed E-state index contributed by atoms with van der Waals surface area (Å²) in [5, 5.41) is 13.4. The van der Waals surface area contributed by atoms with Crippen LogP contribution in [0.15, 0.2) is 12.1 Å². The molecule has 0 amide bonds. The lowest BCUT2D eigenvalue weighted by molar-refractivity contribution is 0.154. The van der Waals surface area contributed by atoms with E-state index in [2.05, 4.69) is 22.1 Å². The fraction of sp³-hybridized carbons (Fsp3) is 0.667. The number of nitrogens with zero attached hydrogens (tertiary/aromatic N) is 2. The summed E-state index contributed by atoms with van der Waals surface area (Å²) in [6, 6.07) is 4.17. The Balaban J connectivity index is 2.08. The minimum absolute atomic E-state index is 0.315. The molecule has 1 aromatic rings. The molecule has 1 atom stereocenters. The van der Waals surface area contributed by atoms with Crippen molar-refractivity contribution in [3.8, 4) is 5.75 Å². The Kier molecular flexibility index (Phi) is 5.16. The molecular weight excluding hydrogens is 238 g/mol. The first-order chi connectivity index (χ1) is 9.20. The normalized spacial score (nSPS) is 19.8. The first kappa shape index (κ1) is 14.3. The molecule has 0 radical (unpaired) electrons. The Bertz CT molecular complexity index is 402. The van der Waals surface area contributed by atoms with E-state index in [-0.39, 0.29) is 0 Å². The number of rotatable bonds is 5. The lowest BCUT2D eigenvalue weighted by atomic mass is 10.1. The third-order valence-corrected chi connectivity index (χ3v) is 3.74. The van der Waals surface area contributed by atoms with Gasteiger partial charge in [-0.1, -0.05) is 6.92 Å². The van der Waals surface area contributed by atoms with Crippen molar-refractivity contribution >= 4 is 0 Å². The maximum atomic E-state index is 9.95. The van der Waals surface area contributed by atoms with Crippen molar-refractivity contribution in [2.45, 2.75) is 45.7 Å². The molecule has 2 heterocycles. The first-order valence-electron chi connectivity index (χ1n) is 7.31. The molecule has 0 bridgehead atoms. The molecule has 19 heavy (non-hydrogen) atoms. The molecule has 0 spiro atoms. The molecule has 0 aromatic carbocycles. The van der Waals surface area contributed by atoms with Crippen molar-refractivity contribution < 1.29 is 5.11 Å². The molecule has 0 aliphatic carbocycles. The van der Waals surface area contributed by atoms with Gasteiger partial charge in [-0.3, -0.25) is 9.88 Å². The molecule has 1 unspecified atom stereocenters. The van der Waals surface area contributed by atoms with Crippen molar-refractivity contribution in [1.82, 2.24) is 15.2 Å². The zero-order chi connectivity index (χ0) is 13.7. The van der Waals surface area contributed by atoms with Gasteiger partial charge in [0, 0.05) is 24.8 Å². The van der Waals surface area contributed by atoms with Gasteiger partial charge in [0.1, 0.15) is 5.75 Å². The van der Waals surface area contributed by atoms with Crippen LogP contribution in [0.3, 0.4) is 0 Å². The van der Waals surface area contributed by atoms with Crippen LogP contribution in [0.2, 0.25) is 0 Å². The van der Waals surface area contributed by atoms with Crippen molar-refractivity contribution in [2.75, 3.05) is 19.6 Å². The van der Waals surface area contributed by atoms with E-state index in [0.717, 1.165) is 44.0 Å². The Morgan fingerprint density at radius 1 is 1.47 bits per heavy atom. The van der Waals surface area contributed by atoms with E-state index in [1.165, 1.54) is 12.8 Å². The highest BCUT2D eigenvalue weighted by atomic mass is 16.3. The summed E-state index contributed by atoms with van der Waals surface area (Å²) in [6.07, 6.45) is 3.60. The molecule has 1 aliphatic heterocycles. The molecular formula is C15H25N3O. The number of hydrogen-bond acceptors (Lipinski definition) is 4. The van der Waals surface area contributed by atoms with Gasteiger partial charge in [0.15, 0.2) is 0 Å². The summed E-state index contributed by atoms with van der Waals surface area (Å²) in [7, 11) is 0. The lowest BCUT2D eigenvalue weighted by Crippen LogP contribution is -2.46. The smallest absolute Gasteiger partial charge is 0.138 e. The van der Waals surface area contributed by atoms with Crippen LogP contribution in [0.4, 0.5) is 0 Å². The van der Waals surface area contributed by atoms with Crippen LogP contribution in [0.25, 0.3) is 0 Å². The lowest BCUT2D eigenvalue weighted by Gasteiger charge is -2.34. The van der Waals surface area contributed by atoms with Crippen LogP contribution in [-0.2, 0) is 6.54 Å². The Labute approximate surface area is 115 Å². The standard InChI is InChI=1S/C15H25N3O/c1-3-9-18(13-5-4-8-16-10-13)11-14-15(19)7-6-12(2)17-14/h6-7,13,16,19H,3-5,8-11H2,1-2H3. The fourth-order valence-electron chi connectivity index (χ4n) is 2.73.